The van der Waals surface area contributed by atoms with Crippen molar-refractivity contribution in [1.82, 2.24) is 0 Å². The lowest BCUT2D eigenvalue weighted by Gasteiger charge is -2.22. The number of aliphatic hydroxyl groups excluding tert-OH is 1. The van der Waals surface area contributed by atoms with Crippen molar-refractivity contribution in [2.45, 2.75) is 32.4 Å². The maximum atomic E-state index is 9.26. The number of aliphatic hydroxyl groups is 1. The molecule has 0 radical (unpaired) electrons. The number of hydrogen-bond donors (Lipinski definition) is 2. The summed E-state index contributed by atoms with van der Waals surface area (Å²) in [7, 11) is 1.97. The van der Waals surface area contributed by atoms with Gasteiger partial charge in [-0.3, -0.25) is 0 Å². The maximum Gasteiger partial charge on any atom is 0.0642 e. The Labute approximate surface area is 108 Å². The quantitative estimate of drug-likeness (QED) is 0.851. The van der Waals surface area contributed by atoms with E-state index in [1.54, 1.807) is 6.92 Å². The van der Waals surface area contributed by atoms with Crippen molar-refractivity contribution in [3.05, 3.63) is 28.8 Å². The molecule has 3 N–H and O–H groups in total. The lowest BCUT2D eigenvalue weighted by Crippen LogP contribution is -2.22. The van der Waals surface area contributed by atoms with Gasteiger partial charge in [0.25, 0.3) is 0 Å². The fourth-order valence-corrected chi connectivity index (χ4v) is 1.95. The van der Waals surface area contributed by atoms with Gasteiger partial charge < -0.3 is 15.7 Å². The van der Waals surface area contributed by atoms with Gasteiger partial charge in [-0.1, -0.05) is 17.7 Å². The summed E-state index contributed by atoms with van der Waals surface area (Å²) in [5.74, 6) is 0. The first kappa shape index (κ1) is 14.3. The summed E-state index contributed by atoms with van der Waals surface area (Å²) in [6.07, 6.45) is 0.432. The van der Waals surface area contributed by atoms with Crippen LogP contribution in [0.5, 0.6) is 0 Å². The van der Waals surface area contributed by atoms with Crippen LogP contribution in [0.3, 0.4) is 0 Å². The van der Waals surface area contributed by atoms with Gasteiger partial charge in [0.05, 0.1) is 16.8 Å². The van der Waals surface area contributed by atoms with Crippen LogP contribution in [0.15, 0.2) is 18.2 Å². The predicted molar refractivity (Wildman–Crippen MR) is 73.6 cm³/mol. The molecule has 0 aliphatic carbocycles. The summed E-state index contributed by atoms with van der Waals surface area (Å²) in [4.78, 5) is 2.04. The van der Waals surface area contributed by atoms with Gasteiger partial charge in [-0.2, -0.15) is 0 Å². The molecule has 0 spiro atoms. The van der Waals surface area contributed by atoms with Crippen LogP contribution < -0.4 is 10.6 Å². The first-order valence-electron chi connectivity index (χ1n) is 5.86. The van der Waals surface area contributed by atoms with Crippen molar-refractivity contribution in [3.63, 3.8) is 0 Å². The maximum absolute atomic E-state index is 9.26. The Bertz CT molecular complexity index is 366. The Kier molecular flexibility index (Phi) is 5.25. The number of hydrogen-bond acceptors (Lipinski definition) is 3. The van der Waals surface area contributed by atoms with E-state index in [-0.39, 0.29) is 12.1 Å². The van der Waals surface area contributed by atoms with E-state index < -0.39 is 0 Å². The Balaban J connectivity index is 2.77. The molecule has 2 unspecified atom stereocenters. The first-order chi connectivity index (χ1) is 7.91. The number of rotatable bonds is 5. The summed E-state index contributed by atoms with van der Waals surface area (Å²) >= 11 is 6.22. The topological polar surface area (TPSA) is 49.5 Å². The highest BCUT2D eigenvalue weighted by Crippen LogP contribution is 2.27. The number of benzene rings is 1. The average Bonchev–Trinajstić information content (AvgIpc) is 2.25. The Morgan fingerprint density at radius 3 is 2.53 bits per heavy atom. The molecule has 17 heavy (non-hydrogen) atoms. The molecule has 0 saturated heterocycles. The fraction of sp³-hybridized carbons (Fsp3) is 0.538. The minimum atomic E-state index is -0.292. The molecule has 1 rings (SSSR count). The monoisotopic (exact) mass is 256 g/mol. The van der Waals surface area contributed by atoms with Crippen LogP contribution in [0.1, 0.15) is 31.9 Å². The van der Waals surface area contributed by atoms with Gasteiger partial charge in [0, 0.05) is 19.6 Å². The number of nitrogens with two attached hydrogens (primary N) is 1. The zero-order valence-corrected chi connectivity index (χ0v) is 11.4. The molecule has 0 bridgehead atoms. The molecule has 4 heteroatoms. The van der Waals surface area contributed by atoms with Crippen LogP contribution in [0.2, 0.25) is 5.02 Å². The van der Waals surface area contributed by atoms with E-state index in [1.165, 1.54) is 0 Å². The Morgan fingerprint density at radius 1 is 1.41 bits per heavy atom. The third kappa shape index (κ3) is 4.19. The molecule has 0 amide bonds. The first-order valence-corrected chi connectivity index (χ1v) is 6.24. The highest BCUT2D eigenvalue weighted by molar-refractivity contribution is 6.33. The van der Waals surface area contributed by atoms with Gasteiger partial charge in [0.1, 0.15) is 0 Å². The molecule has 1 aromatic carbocycles. The lowest BCUT2D eigenvalue weighted by atomic mass is 10.1. The Morgan fingerprint density at radius 2 is 2.06 bits per heavy atom. The third-order valence-electron chi connectivity index (χ3n) is 2.79. The average molecular weight is 257 g/mol. The van der Waals surface area contributed by atoms with Crippen LogP contribution in [-0.2, 0) is 0 Å². The van der Waals surface area contributed by atoms with E-state index in [9.17, 15) is 5.11 Å². The van der Waals surface area contributed by atoms with Crippen molar-refractivity contribution in [1.29, 1.82) is 0 Å². The summed E-state index contributed by atoms with van der Waals surface area (Å²) in [5.41, 5.74) is 7.80. The van der Waals surface area contributed by atoms with E-state index in [0.717, 1.165) is 24.2 Å². The third-order valence-corrected chi connectivity index (χ3v) is 3.09. The second-order valence-electron chi connectivity index (χ2n) is 4.56. The summed E-state index contributed by atoms with van der Waals surface area (Å²) < 4.78 is 0. The van der Waals surface area contributed by atoms with Crippen LogP contribution in [0.4, 0.5) is 5.69 Å². The molecule has 0 aromatic heterocycles. The number of anilines is 1. The summed E-state index contributed by atoms with van der Waals surface area (Å²) in [5, 5.41) is 9.96. The van der Waals surface area contributed by atoms with Crippen molar-refractivity contribution in [2.75, 3.05) is 18.5 Å². The van der Waals surface area contributed by atoms with Crippen LogP contribution in [-0.4, -0.2) is 24.8 Å². The highest BCUT2D eigenvalue weighted by atomic mass is 35.5. The van der Waals surface area contributed by atoms with Gasteiger partial charge in [-0.05, 0) is 38.0 Å². The lowest BCUT2D eigenvalue weighted by molar-refractivity contribution is 0.187. The van der Waals surface area contributed by atoms with Gasteiger partial charge in [0.2, 0.25) is 0 Å². The SMILES string of the molecule is CC(O)CCN(C)c1ccc(C(C)N)cc1Cl. The molecule has 0 saturated carbocycles. The smallest absolute Gasteiger partial charge is 0.0642 e. The van der Waals surface area contributed by atoms with E-state index in [2.05, 4.69) is 0 Å². The second kappa shape index (κ2) is 6.24. The molecule has 2 atom stereocenters. The standard InChI is InChI=1S/C13H21ClN2O/c1-9(17)6-7-16(3)13-5-4-11(10(2)15)8-12(13)14/h4-5,8-10,17H,6-7,15H2,1-3H3. The largest absolute Gasteiger partial charge is 0.393 e. The zero-order chi connectivity index (χ0) is 13.0. The fourth-order valence-electron chi connectivity index (χ4n) is 1.62. The van der Waals surface area contributed by atoms with Gasteiger partial charge in [0.15, 0.2) is 0 Å². The highest BCUT2D eigenvalue weighted by Gasteiger charge is 2.09. The minimum absolute atomic E-state index is 0.00989. The summed E-state index contributed by atoms with van der Waals surface area (Å²) in [6.45, 7) is 4.49. The van der Waals surface area contributed by atoms with Gasteiger partial charge in [-0.15, -0.1) is 0 Å². The van der Waals surface area contributed by atoms with E-state index in [0.29, 0.717) is 5.02 Å². The normalized spacial score (nSPS) is 14.5. The van der Waals surface area contributed by atoms with E-state index in [4.69, 9.17) is 17.3 Å². The van der Waals surface area contributed by atoms with Crippen molar-refractivity contribution < 1.29 is 5.11 Å². The summed E-state index contributed by atoms with van der Waals surface area (Å²) in [6, 6.07) is 5.86. The molecule has 0 aliphatic heterocycles. The number of nitrogens with zero attached hydrogens (tertiary/aromatic N) is 1. The van der Waals surface area contributed by atoms with Crippen molar-refractivity contribution in [3.8, 4) is 0 Å². The number of halogens is 1. The van der Waals surface area contributed by atoms with Crippen LogP contribution >= 0.6 is 11.6 Å². The van der Waals surface area contributed by atoms with Crippen LogP contribution in [0.25, 0.3) is 0 Å². The van der Waals surface area contributed by atoms with E-state index in [1.807, 2.05) is 37.1 Å². The molecule has 0 heterocycles. The molecular weight excluding hydrogens is 236 g/mol. The second-order valence-corrected chi connectivity index (χ2v) is 4.97. The predicted octanol–water partition coefficient (Wildman–Crippen LogP) is 2.57. The van der Waals surface area contributed by atoms with Crippen molar-refractivity contribution in [2.24, 2.45) is 5.73 Å². The van der Waals surface area contributed by atoms with Gasteiger partial charge in [-0.25, -0.2) is 0 Å². The van der Waals surface area contributed by atoms with E-state index >= 15 is 0 Å². The molecule has 96 valence electrons. The van der Waals surface area contributed by atoms with Gasteiger partial charge >= 0.3 is 0 Å². The Hall–Kier alpha value is -0.770. The van der Waals surface area contributed by atoms with Crippen molar-refractivity contribution >= 4 is 17.3 Å². The zero-order valence-electron chi connectivity index (χ0n) is 10.7. The molecular formula is C13H21ClN2O. The minimum Gasteiger partial charge on any atom is -0.393 e. The molecule has 3 nitrogen and oxygen atoms in total. The van der Waals surface area contributed by atoms with Crippen LogP contribution in [0, 0.1) is 0 Å². The molecule has 0 aliphatic rings. The molecule has 0 fully saturated rings. The molecule has 1 aromatic rings.